The van der Waals surface area contributed by atoms with Gasteiger partial charge < -0.3 is 16.0 Å². The van der Waals surface area contributed by atoms with E-state index < -0.39 is 5.41 Å². The Morgan fingerprint density at radius 3 is 1.96 bits per heavy atom. The maximum atomic E-state index is 12.6. The van der Waals surface area contributed by atoms with Gasteiger partial charge in [0, 0.05) is 24.0 Å². The molecule has 0 spiro atoms. The first kappa shape index (κ1) is 18.1. The summed E-state index contributed by atoms with van der Waals surface area (Å²) in [5.41, 5.74) is 0.981. The molecule has 27 heavy (non-hydrogen) atoms. The van der Waals surface area contributed by atoms with E-state index in [4.69, 9.17) is 5.26 Å². The average Bonchev–Trinajstić information content (AvgIpc) is 3.45. The number of carbonyl (C=O) groups is 3. The highest BCUT2D eigenvalue weighted by molar-refractivity contribution is 6.17. The quantitative estimate of drug-likeness (QED) is 0.710. The second-order valence-corrected chi connectivity index (χ2v) is 6.44. The normalized spacial score (nSPS) is 13.8. The lowest BCUT2D eigenvalue weighted by atomic mass is 10.0. The van der Waals surface area contributed by atoms with Crippen LogP contribution in [0.15, 0.2) is 48.5 Å². The van der Waals surface area contributed by atoms with Crippen molar-refractivity contribution in [3.8, 4) is 6.07 Å². The molecule has 0 aliphatic heterocycles. The number of hydrogen-bond acceptors (Lipinski definition) is 4. The highest BCUT2D eigenvalue weighted by atomic mass is 16.2. The molecule has 2 aromatic carbocycles. The monoisotopic (exact) mass is 362 g/mol. The Balaban J connectivity index is 1.66. The number of nitrogens with one attached hydrogen (secondary N) is 3. The fourth-order valence-corrected chi connectivity index (χ4v) is 2.69. The summed E-state index contributed by atoms with van der Waals surface area (Å²) in [6.45, 7) is 1.41. The highest BCUT2D eigenvalue weighted by Crippen LogP contribution is 2.47. The van der Waals surface area contributed by atoms with Gasteiger partial charge in [0.1, 0.15) is 5.41 Å². The molecule has 1 aliphatic rings. The van der Waals surface area contributed by atoms with E-state index in [1.54, 1.807) is 48.5 Å². The van der Waals surface area contributed by atoms with Crippen molar-refractivity contribution in [1.29, 1.82) is 5.26 Å². The van der Waals surface area contributed by atoms with Gasteiger partial charge in [0.25, 0.3) is 0 Å². The van der Waals surface area contributed by atoms with Crippen LogP contribution in [0, 0.1) is 16.7 Å². The smallest absolute Gasteiger partial charge is 0.240 e. The van der Waals surface area contributed by atoms with E-state index in [0.717, 1.165) is 0 Å². The second kappa shape index (κ2) is 7.30. The summed E-state index contributed by atoms with van der Waals surface area (Å²) in [5, 5.41) is 17.1. The third kappa shape index (κ3) is 4.12. The number of benzene rings is 2. The van der Waals surface area contributed by atoms with Crippen molar-refractivity contribution in [1.82, 2.24) is 0 Å². The van der Waals surface area contributed by atoms with Gasteiger partial charge >= 0.3 is 0 Å². The van der Waals surface area contributed by atoms with Crippen molar-refractivity contribution in [2.45, 2.75) is 19.8 Å². The van der Waals surface area contributed by atoms with Crippen LogP contribution in [0.1, 0.15) is 25.3 Å². The third-order valence-corrected chi connectivity index (χ3v) is 4.33. The third-order valence-electron chi connectivity index (χ3n) is 4.33. The number of nitriles is 1. The van der Waals surface area contributed by atoms with E-state index in [0.29, 0.717) is 35.5 Å². The molecule has 3 rings (SSSR count). The molecule has 3 amide bonds. The lowest BCUT2D eigenvalue weighted by Crippen LogP contribution is -2.35. The molecule has 0 saturated heterocycles. The largest absolute Gasteiger partial charge is 0.326 e. The van der Waals surface area contributed by atoms with E-state index in [1.165, 1.54) is 6.92 Å². The van der Waals surface area contributed by atoms with Crippen molar-refractivity contribution in [3.63, 3.8) is 0 Å². The Morgan fingerprint density at radius 1 is 0.889 bits per heavy atom. The Morgan fingerprint density at radius 2 is 1.44 bits per heavy atom. The van der Waals surface area contributed by atoms with Crippen LogP contribution in [-0.4, -0.2) is 17.7 Å². The summed E-state index contributed by atoms with van der Waals surface area (Å²) in [7, 11) is 0. The summed E-state index contributed by atoms with van der Waals surface area (Å²) in [6.07, 6.45) is 0.930. The average molecular weight is 362 g/mol. The Labute approximate surface area is 156 Å². The molecule has 136 valence electrons. The first-order valence-electron chi connectivity index (χ1n) is 8.44. The van der Waals surface area contributed by atoms with Gasteiger partial charge in [-0.3, -0.25) is 14.4 Å². The highest BCUT2D eigenvalue weighted by Gasteiger charge is 2.56. The van der Waals surface area contributed by atoms with Crippen molar-refractivity contribution in [3.05, 3.63) is 54.1 Å². The Hall–Kier alpha value is -3.66. The van der Waals surface area contributed by atoms with E-state index in [-0.39, 0.29) is 17.7 Å². The van der Waals surface area contributed by atoms with Gasteiger partial charge in [-0.25, -0.2) is 0 Å². The number of carbonyl (C=O) groups excluding carboxylic acids is 3. The van der Waals surface area contributed by atoms with Crippen molar-refractivity contribution >= 4 is 34.8 Å². The van der Waals surface area contributed by atoms with E-state index in [2.05, 4.69) is 16.0 Å². The van der Waals surface area contributed by atoms with E-state index >= 15 is 0 Å². The van der Waals surface area contributed by atoms with Crippen LogP contribution in [0.2, 0.25) is 0 Å². The number of hydrogen-bond donors (Lipinski definition) is 3. The minimum absolute atomic E-state index is 0.180. The minimum Gasteiger partial charge on any atom is -0.326 e. The fourth-order valence-electron chi connectivity index (χ4n) is 2.69. The standard InChI is InChI=1S/C20H18N4O3/c1-13(25)22-15-5-7-16(8-6-15)23-18(26)20(9-10-20)19(27)24-17-4-2-3-14(11-17)12-21/h2-8,11H,9-10H2,1H3,(H,22,25)(H,23,26)(H,24,27). The van der Waals surface area contributed by atoms with Gasteiger partial charge in [-0.2, -0.15) is 5.26 Å². The minimum atomic E-state index is -1.10. The first-order valence-corrected chi connectivity index (χ1v) is 8.44. The summed E-state index contributed by atoms with van der Waals surface area (Å²) in [4.78, 5) is 36.3. The van der Waals surface area contributed by atoms with Crippen LogP contribution in [0.3, 0.4) is 0 Å². The molecule has 0 heterocycles. The summed E-state index contributed by atoms with van der Waals surface area (Å²) in [6, 6.07) is 15.2. The lowest BCUT2D eigenvalue weighted by Gasteiger charge is -2.16. The predicted octanol–water partition coefficient (Wildman–Crippen LogP) is 2.87. The topological polar surface area (TPSA) is 111 Å². The first-order chi connectivity index (χ1) is 12.9. The molecule has 1 aliphatic carbocycles. The van der Waals surface area contributed by atoms with Crippen molar-refractivity contribution < 1.29 is 14.4 Å². The zero-order chi connectivity index (χ0) is 19.4. The number of nitrogens with zero attached hydrogens (tertiary/aromatic N) is 1. The molecule has 0 unspecified atom stereocenters. The van der Waals surface area contributed by atoms with Crippen molar-refractivity contribution in [2.24, 2.45) is 5.41 Å². The zero-order valence-corrected chi connectivity index (χ0v) is 14.7. The summed E-state index contributed by atoms with van der Waals surface area (Å²) in [5.74, 6) is -0.936. The second-order valence-electron chi connectivity index (χ2n) is 6.44. The molecular formula is C20H18N4O3. The zero-order valence-electron chi connectivity index (χ0n) is 14.7. The Kier molecular flexibility index (Phi) is 4.90. The van der Waals surface area contributed by atoms with Crippen LogP contribution >= 0.6 is 0 Å². The maximum Gasteiger partial charge on any atom is 0.240 e. The van der Waals surface area contributed by atoms with Gasteiger partial charge in [-0.05, 0) is 55.3 Å². The predicted molar refractivity (Wildman–Crippen MR) is 101 cm³/mol. The molecule has 7 nitrogen and oxygen atoms in total. The van der Waals surface area contributed by atoms with E-state index in [1.807, 2.05) is 6.07 Å². The fraction of sp³-hybridized carbons (Fsp3) is 0.200. The molecule has 1 fully saturated rings. The van der Waals surface area contributed by atoms with E-state index in [9.17, 15) is 14.4 Å². The number of anilines is 3. The molecule has 0 aromatic heterocycles. The SMILES string of the molecule is CC(=O)Nc1ccc(NC(=O)C2(C(=O)Nc3cccc(C#N)c3)CC2)cc1. The summed E-state index contributed by atoms with van der Waals surface area (Å²) < 4.78 is 0. The number of rotatable bonds is 5. The molecule has 0 bridgehead atoms. The van der Waals surface area contributed by atoms with Crippen LogP contribution in [-0.2, 0) is 14.4 Å². The van der Waals surface area contributed by atoms with Gasteiger partial charge in [0.15, 0.2) is 0 Å². The molecule has 3 N–H and O–H groups in total. The molecule has 7 heteroatoms. The summed E-state index contributed by atoms with van der Waals surface area (Å²) >= 11 is 0. The lowest BCUT2D eigenvalue weighted by molar-refractivity contribution is -0.131. The van der Waals surface area contributed by atoms with Gasteiger partial charge in [0.2, 0.25) is 17.7 Å². The van der Waals surface area contributed by atoms with Crippen LogP contribution < -0.4 is 16.0 Å². The Bertz CT molecular complexity index is 940. The maximum absolute atomic E-state index is 12.6. The molecule has 0 atom stereocenters. The van der Waals surface area contributed by atoms with Crippen LogP contribution in [0.25, 0.3) is 0 Å². The van der Waals surface area contributed by atoms with Crippen LogP contribution in [0.5, 0.6) is 0 Å². The molecule has 1 saturated carbocycles. The van der Waals surface area contributed by atoms with Crippen molar-refractivity contribution in [2.75, 3.05) is 16.0 Å². The molecule has 0 radical (unpaired) electrons. The molecule has 2 aromatic rings. The van der Waals surface area contributed by atoms with Gasteiger partial charge in [-0.15, -0.1) is 0 Å². The van der Waals surface area contributed by atoms with Gasteiger partial charge in [0.05, 0.1) is 11.6 Å². The number of amides is 3. The van der Waals surface area contributed by atoms with Gasteiger partial charge in [-0.1, -0.05) is 6.07 Å². The molecular weight excluding hydrogens is 344 g/mol. The van der Waals surface area contributed by atoms with Crippen LogP contribution in [0.4, 0.5) is 17.1 Å².